The minimum atomic E-state index is -0.160. The van der Waals surface area contributed by atoms with Crippen LogP contribution in [-0.4, -0.2) is 31.6 Å². The second-order valence-corrected chi connectivity index (χ2v) is 1.52. The third-order valence-electron chi connectivity index (χ3n) is 0.992. The number of hydrogen-bond acceptors (Lipinski definition) is 1. The maximum atomic E-state index is 10.5. The average molecular weight is 368 g/mol. The van der Waals surface area contributed by atoms with Crippen LogP contribution in [0.2, 0.25) is 0 Å². The predicted octanol–water partition coefficient (Wildman–Crippen LogP) is 1.51. The van der Waals surface area contributed by atoms with E-state index in [4.69, 9.17) is 0 Å². The van der Waals surface area contributed by atoms with Gasteiger partial charge in [0, 0.05) is 0 Å². The Balaban J connectivity index is -0.000000245. The normalized spacial score (nSPS) is 6.70. The third-order valence-corrected chi connectivity index (χ3v) is 0.992. The fraction of sp³-hybridized carbons (Fsp3) is 0.667. The molecular weight excluding hydrogens is 354 g/mol. The zero-order valence-electron chi connectivity index (χ0n) is 7.01. The van der Waals surface area contributed by atoms with Gasteiger partial charge in [-0.1, -0.05) is 27.6 Å². The molecule has 0 bridgehead atoms. The summed E-state index contributed by atoms with van der Waals surface area (Å²) in [4.78, 5) is 12.0. The van der Waals surface area contributed by atoms with E-state index in [9.17, 15) is 4.79 Å². The molecule has 4 heteroatoms. The zero-order valence-corrected chi connectivity index (χ0v) is 11.2. The number of carbonyl (C=O) groups is 1. The molecule has 0 saturated heterocycles. The van der Waals surface area contributed by atoms with Crippen molar-refractivity contribution in [3.05, 3.63) is 12.7 Å². The van der Waals surface area contributed by atoms with Crippen LogP contribution in [0.4, 0.5) is 4.79 Å². The van der Waals surface area contributed by atoms with Crippen LogP contribution in [0.3, 0.4) is 0 Å². The summed E-state index contributed by atoms with van der Waals surface area (Å²) in [6.07, 6.45) is 0. The molecule has 0 rings (SSSR count). The van der Waals surface area contributed by atoms with E-state index in [0.717, 1.165) is 6.54 Å². The summed E-state index contributed by atoms with van der Waals surface area (Å²) in [6.45, 7) is 2.62. The summed E-state index contributed by atoms with van der Waals surface area (Å²) in [7, 11) is 3.21. The van der Waals surface area contributed by atoms with Crippen molar-refractivity contribution >= 4 is 6.03 Å². The number of nitrogens with zero attached hydrogens (tertiary/aromatic N) is 2. The van der Waals surface area contributed by atoms with E-state index in [1.165, 1.54) is 7.05 Å². The van der Waals surface area contributed by atoms with Crippen LogP contribution < -0.4 is 0 Å². The monoisotopic (exact) mass is 368 g/mol. The molecule has 58 valence electrons. The van der Waals surface area contributed by atoms with Crippen molar-refractivity contribution in [3.8, 4) is 0 Å². The first kappa shape index (κ1) is 16.7. The first-order valence-electron chi connectivity index (χ1n) is 2.57. The summed E-state index contributed by atoms with van der Waals surface area (Å²) >= 11 is 0. The first-order valence-corrected chi connectivity index (χ1v) is 2.57. The van der Waals surface area contributed by atoms with Gasteiger partial charge in [0.25, 0.3) is 0 Å². The Kier molecular flexibility index (Phi) is 15.6. The van der Waals surface area contributed by atoms with Crippen molar-refractivity contribution in [1.82, 2.24) is 4.90 Å². The van der Waals surface area contributed by atoms with Gasteiger partial charge in [-0.3, -0.25) is 4.79 Å². The topological polar surface area (TPSA) is 34.4 Å². The van der Waals surface area contributed by atoms with Crippen LogP contribution in [0.1, 0.15) is 6.92 Å². The smallest absolute Gasteiger partial charge is 0.440 e. The van der Waals surface area contributed by atoms with E-state index >= 15 is 0 Å². The van der Waals surface area contributed by atoms with Crippen molar-refractivity contribution in [2.75, 3.05) is 20.6 Å². The summed E-state index contributed by atoms with van der Waals surface area (Å²) in [5, 5.41) is 3.45. The molecule has 0 aliphatic carbocycles. The Morgan fingerprint density at radius 1 is 1.60 bits per heavy atom. The second kappa shape index (κ2) is 9.32. The molecule has 0 aliphatic heterocycles. The summed E-state index contributed by atoms with van der Waals surface area (Å²) in [5.74, 6) is 0. The van der Waals surface area contributed by atoms with Gasteiger partial charge in [0.15, 0.2) is 6.03 Å². The molecule has 0 saturated carbocycles. The van der Waals surface area contributed by atoms with E-state index < -0.39 is 0 Å². The third kappa shape index (κ3) is 6.44. The standard InChI is InChI=1S/C5H12N2O.CH3.U/c1-4-7(3)5(8)6-2;;/h4H2,1-3H3,(H,6,8);1H3;/q;-1;+2/p-1. The molecule has 10 heavy (non-hydrogen) atoms. The Labute approximate surface area is 86.9 Å². The van der Waals surface area contributed by atoms with E-state index in [0.29, 0.717) is 0 Å². The van der Waals surface area contributed by atoms with E-state index in [1.54, 1.807) is 11.9 Å². The number of amides is 2. The molecule has 0 radical (unpaired) electrons. The van der Waals surface area contributed by atoms with Gasteiger partial charge in [0.05, 0.1) is 0 Å². The van der Waals surface area contributed by atoms with Gasteiger partial charge >= 0.3 is 31.1 Å². The van der Waals surface area contributed by atoms with Crippen LogP contribution >= 0.6 is 0 Å². The summed E-state index contributed by atoms with van der Waals surface area (Å²) < 4.78 is 0. The molecule has 0 aliphatic rings. The van der Waals surface area contributed by atoms with Crippen molar-refractivity contribution in [1.29, 1.82) is 0 Å². The summed E-state index contributed by atoms with van der Waals surface area (Å²) in [6, 6.07) is -0.160. The molecule has 2 amide bonds. The van der Waals surface area contributed by atoms with Gasteiger partial charge < -0.3 is 17.6 Å². The first-order chi connectivity index (χ1) is 3.72. The predicted molar refractivity (Wildman–Crippen MR) is 39.4 cm³/mol. The number of hydrogen-bond donors (Lipinski definition) is 0. The molecule has 0 atom stereocenters. The maximum Gasteiger partial charge on any atom is 2.00 e. The molecule has 0 aromatic carbocycles. The van der Waals surface area contributed by atoms with Crippen molar-refractivity contribution < 1.29 is 35.9 Å². The van der Waals surface area contributed by atoms with E-state index in [1.807, 2.05) is 6.92 Å². The van der Waals surface area contributed by atoms with Gasteiger partial charge in [-0.2, -0.15) is 0 Å². The molecule has 0 unspecified atom stereocenters. The average Bonchev–Trinajstić information content (AvgIpc) is 1.84. The molecule has 0 aromatic rings. The van der Waals surface area contributed by atoms with E-state index in [-0.39, 0.29) is 44.6 Å². The molecular formula is C6H14N2OU. The number of carbonyl (C=O) groups excluding carboxylic acids is 1. The van der Waals surface area contributed by atoms with Crippen molar-refractivity contribution in [2.45, 2.75) is 6.92 Å². The van der Waals surface area contributed by atoms with Gasteiger partial charge in [0.2, 0.25) is 0 Å². The minimum absolute atomic E-state index is 0. The Morgan fingerprint density at radius 2 is 2.00 bits per heavy atom. The largest absolute Gasteiger partial charge is 2.00 e. The second-order valence-electron chi connectivity index (χ2n) is 1.52. The van der Waals surface area contributed by atoms with Crippen LogP contribution in [0.25, 0.3) is 5.32 Å². The van der Waals surface area contributed by atoms with Gasteiger partial charge in [0.1, 0.15) is 0 Å². The van der Waals surface area contributed by atoms with Crippen LogP contribution in [0.5, 0.6) is 0 Å². The van der Waals surface area contributed by atoms with Crippen molar-refractivity contribution in [3.63, 3.8) is 0 Å². The van der Waals surface area contributed by atoms with E-state index in [2.05, 4.69) is 5.32 Å². The molecule has 0 aromatic heterocycles. The van der Waals surface area contributed by atoms with Gasteiger partial charge in [-0.05, 0) is 0 Å². The quantitative estimate of drug-likeness (QED) is 0.647. The maximum absolute atomic E-state index is 10.5. The minimum Gasteiger partial charge on any atom is -0.440 e. The van der Waals surface area contributed by atoms with Crippen LogP contribution in [0.15, 0.2) is 0 Å². The zero-order chi connectivity index (χ0) is 6.57. The SMILES string of the molecule is CCN(C)C(=O)[N-]C.[CH3-].[U+2]. The fourth-order valence-corrected chi connectivity index (χ4v) is 0.306. The molecule has 3 nitrogen and oxygen atoms in total. The van der Waals surface area contributed by atoms with Crippen LogP contribution in [-0.2, 0) is 0 Å². The number of urea groups is 1. The Morgan fingerprint density at radius 3 is 2.10 bits per heavy atom. The summed E-state index contributed by atoms with van der Waals surface area (Å²) in [5.41, 5.74) is 0. The van der Waals surface area contributed by atoms with Gasteiger partial charge in [-0.25, -0.2) is 0 Å². The Hall–Kier alpha value is 0.322. The van der Waals surface area contributed by atoms with Gasteiger partial charge in [-0.15, -0.1) is 0 Å². The molecule has 0 spiro atoms. The molecule has 0 fully saturated rings. The van der Waals surface area contributed by atoms with Crippen LogP contribution in [0, 0.1) is 38.5 Å². The number of rotatable bonds is 1. The fourth-order valence-electron chi connectivity index (χ4n) is 0.306. The Bertz CT molecular complexity index is 87.8. The van der Waals surface area contributed by atoms with Crippen molar-refractivity contribution in [2.24, 2.45) is 0 Å². The molecule has 0 heterocycles. The molecule has 0 N–H and O–H groups in total.